The molecule has 3 N–H and O–H groups in total. The summed E-state index contributed by atoms with van der Waals surface area (Å²) in [7, 11) is 0. The van der Waals surface area contributed by atoms with Crippen LogP contribution in [0.1, 0.15) is 47.8 Å². The highest BCUT2D eigenvalue weighted by atomic mass is 32.1. The standard InChI is InChI=1S/C13H18N2OS2/c1-2-9-5-8-18-10(9)11(16)15-13(12(14)17)6-3-4-7-13/h5,8H,2-4,6-7H2,1H3,(H2,14,17)(H,15,16). The summed E-state index contributed by atoms with van der Waals surface area (Å²) in [4.78, 5) is 13.5. The quantitative estimate of drug-likeness (QED) is 0.835. The Morgan fingerprint density at radius 2 is 2.22 bits per heavy atom. The van der Waals surface area contributed by atoms with Crippen molar-refractivity contribution >= 4 is 34.5 Å². The number of nitrogens with two attached hydrogens (primary N) is 1. The second-order valence-electron chi connectivity index (χ2n) is 4.74. The first-order valence-corrected chi connectivity index (χ1v) is 7.56. The van der Waals surface area contributed by atoms with Gasteiger partial charge in [-0.1, -0.05) is 32.0 Å². The highest BCUT2D eigenvalue weighted by Crippen LogP contribution is 2.31. The van der Waals surface area contributed by atoms with Crippen molar-refractivity contribution in [1.82, 2.24) is 5.32 Å². The topological polar surface area (TPSA) is 55.1 Å². The van der Waals surface area contributed by atoms with Gasteiger partial charge in [0.1, 0.15) is 0 Å². The van der Waals surface area contributed by atoms with E-state index < -0.39 is 5.54 Å². The fraction of sp³-hybridized carbons (Fsp3) is 0.538. The maximum absolute atomic E-state index is 12.3. The van der Waals surface area contributed by atoms with E-state index in [4.69, 9.17) is 18.0 Å². The molecule has 0 spiro atoms. The molecule has 2 rings (SSSR count). The van der Waals surface area contributed by atoms with Crippen molar-refractivity contribution in [1.29, 1.82) is 0 Å². The van der Waals surface area contributed by atoms with Crippen molar-refractivity contribution in [2.45, 2.75) is 44.6 Å². The van der Waals surface area contributed by atoms with Crippen LogP contribution >= 0.6 is 23.6 Å². The van der Waals surface area contributed by atoms with Gasteiger partial charge in [-0.05, 0) is 36.3 Å². The Kier molecular flexibility index (Phi) is 4.02. The summed E-state index contributed by atoms with van der Waals surface area (Å²) >= 11 is 6.62. The zero-order chi connectivity index (χ0) is 13.2. The van der Waals surface area contributed by atoms with Crippen LogP contribution in [0.25, 0.3) is 0 Å². The summed E-state index contributed by atoms with van der Waals surface area (Å²) < 4.78 is 0. The van der Waals surface area contributed by atoms with Crippen LogP contribution in [-0.2, 0) is 6.42 Å². The Morgan fingerprint density at radius 3 is 2.78 bits per heavy atom. The molecule has 1 aliphatic carbocycles. The Hall–Kier alpha value is -0.940. The van der Waals surface area contributed by atoms with Gasteiger partial charge in [-0.3, -0.25) is 4.79 Å². The maximum atomic E-state index is 12.3. The highest BCUT2D eigenvalue weighted by Gasteiger charge is 2.38. The van der Waals surface area contributed by atoms with Crippen LogP contribution in [-0.4, -0.2) is 16.4 Å². The van der Waals surface area contributed by atoms with E-state index in [9.17, 15) is 4.79 Å². The Labute approximate surface area is 117 Å². The number of carbonyl (C=O) groups excluding carboxylic acids is 1. The van der Waals surface area contributed by atoms with Crippen molar-refractivity contribution in [2.75, 3.05) is 0 Å². The van der Waals surface area contributed by atoms with Crippen molar-refractivity contribution in [3.05, 3.63) is 21.9 Å². The molecule has 1 fully saturated rings. The molecule has 0 aliphatic heterocycles. The van der Waals surface area contributed by atoms with Gasteiger partial charge in [0.05, 0.1) is 15.4 Å². The van der Waals surface area contributed by atoms with Crippen molar-refractivity contribution in [3.63, 3.8) is 0 Å². The van der Waals surface area contributed by atoms with Gasteiger partial charge in [-0.25, -0.2) is 0 Å². The maximum Gasteiger partial charge on any atom is 0.262 e. The van der Waals surface area contributed by atoms with Crippen molar-refractivity contribution in [2.24, 2.45) is 5.73 Å². The highest BCUT2D eigenvalue weighted by molar-refractivity contribution is 7.80. The first kappa shape index (κ1) is 13.5. The summed E-state index contributed by atoms with van der Waals surface area (Å²) in [5, 5.41) is 5.03. The Morgan fingerprint density at radius 1 is 1.56 bits per heavy atom. The largest absolute Gasteiger partial charge is 0.391 e. The molecular formula is C13H18N2OS2. The zero-order valence-electron chi connectivity index (χ0n) is 10.5. The van der Waals surface area contributed by atoms with Crippen LogP contribution in [0.2, 0.25) is 0 Å². The van der Waals surface area contributed by atoms with E-state index in [2.05, 4.69) is 12.2 Å². The lowest BCUT2D eigenvalue weighted by Crippen LogP contribution is -2.54. The van der Waals surface area contributed by atoms with Gasteiger partial charge < -0.3 is 11.1 Å². The molecule has 98 valence electrons. The van der Waals surface area contributed by atoms with Crippen LogP contribution in [0.5, 0.6) is 0 Å². The number of amides is 1. The first-order chi connectivity index (χ1) is 8.59. The van der Waals surface area contributed by atoms with E-state index in [1.807, 2.05) is 11.4 Å². The molecule has 0 bridgehead atoms. The van der Waals surface area contributed by atoms with Gasteiger partial charge in [0.25, 0.3) is 5.91 Å². The summed E-state index contributed by atoms with van der Waals surface area (Å²) in [6.45, 7) is 2.05. The van der Waals surface area contributed by atoms with Gasteiger partial charge in [0, 0.05) is 0 Å². The molecule has 3 nitrogen and oxygen atoms in total. The van der Waals surface area contributed by atoms with E-state index in [1.165, 1.54) is 11.3 Å². The van der Waals surface area contributed by atoms with E-state index in [1.54, 1.807) is 0 Å². The van der Waals surface area contributed by atoms with Crippen LogP contribution in [0.15, 0.2) is 11.4 Å². The summed E-state index contributed by atoms with van der Waals surface area (Å²) in [6.07, 6.45) is 4.74. The lowest BCUT2D eigenvalue weighted by molar-refractivity contribution is 0.0928. The predicted molar refractivity (Wildman–Crippen MR) is 79.1 cm³/mol. The minimum Gasteiger partial charge on any atom is -0.391 e. The minimum absolute atomic E-state index is 0.0310. The Bertz CT molecular complexity index is 461. The fourth-order valence-corrected chi connectivity index (χ4v) is 3.64. The molecule has 1 saturated carbocycles. The van der Waals surface area contributed by atoms with Gasteiger partial charge in [-0.15, -0.1) is 11.3 Å². The predicted octanol–water partition coefficient (Wildman–Crippen LogP) is 2.64. The number of thiophene rings is 1. The van der Waals surface area contributed by atoms with Crippen molar-refractivity contribution in [3.8, 4) is 0 Å². The molecule has 0 atom stereocenters. The molecule has 0 unspecified atom stereocenters. The number of hydrogen-bond donors (Lipinski definition) is 2. The number of thiocarbonyl (C=S) groups is 1. The van der Waals surface area contributed by atoms with E-state index in [0.717, 1.165) is 42.5 Å². The molecular weight excluding hydrogens is 264 g/mol. The third kappa shape index (κ3) is 2.42. The molecule has 5 heteroatoms. The van der Waals surface area contributed by atoms with Gasteiger partial charge in [0.2, 0.25) is 0 Å². The van der Waals surface area contributed by atoms with Crippen molar-refractivity contribution < 1.29 is 4.79 Å². The fourth-order valence-electron chi connectivity index (χ4n) is 2.50. The lowest BCUT2D eigenvalue weighted by atomic mass is 9.97. The number of carbonyl (C=O) groups is 1. The lowest BCUT2D eigenvalue weighted by Gasteiger charge is -2.29. The van der Waals surface area contributed by atoms with Crippen LogP contribution in [0, 0.1) is 0 Å². The SMILES string of the molecule is CCc1ccsc1C(=O)NC1(C(N)=S)CCCC1. The number of nitrogens with one attached hydrogen (secondary N) is 1. The average Bonchev–Trinajstić information content (AvgIpc) is 2.97. The van der Waals surface area contributed by atoms with Gasteiger partial charge in [0.15, 0.2) is 0 Å². The smallest absolute Gasteiger partial charge is 0.262 e. The molecule has 1 aliphatic rings. The monoisotopic (exact) mass is 282 g/mol. The average molecular weight is 282 g/mol. The summed E-state index contributed by atoms with van der Waals surface area (Å²) in [5.74, 6) is -0.0310. The molecule has 18 heavy (non-hydrogen) atoms. The summed E-state index contributed by atoms with van der Waals surface area (Å²) in [6, 6.07) is 2.00. The van der Waals surface area contributed by atoms with Gasteiger partial charge in [-0.2, -0.15) is 0 Å². The molecule has 1 amide bonds. The second-order valence-corrected chi connectivity index (χ2v) is 6.09. The van der Waals surface area contributed by atoms with Crippen LogP contribution < -0.4 is 11.1 Å². The number of rotatable bonds is 4. The van der Waals surface area contributed by atoms with Gasteiger partial charge >= 0.3 is 0 Å². The molecule has 0 aromatic carbocycles. The molecule has 1 heterocycles. The molecule has 0 radical (unpaired) electrons. The summed E-state index contributed by atoms with van der Waals surface area (Å²) in [5.41, 5.74) is 6.46. The first-order valence-electron chi connectivity index (χ1n) is 6.28. The van der Waals surface area contributed by atoms with Crippen LogP contribution in [0.4, 0.5) is 0 Å². The van der Waals surface area contributed by atoms with E-state index in [-0.39, 0.29) is 5.91 Å². The normalized spacial score (nSPS) is 17.6. The minimum atomic E-state index is -0.457. The number of aryl methyl sites for hydroxylation is 1. The zero-order valence-corrected chi connectivity index (χ0v) is 12.1. The Balaban J connectivity index is 2.18. The van der Waals surface area contributed by atoms with E-state index in [0.29, 0.717) is 4.99 Å². The molecule has 1 aromatic heterocycles. The second kappa shape index (κ2) is 5.36. The van der Waals surface area contributed by atoms with Crippen LogP contribution in [0.3, 0.4) is 0 Å². The van der Waals surface area contributed by atoms with E-state index >= 15 is 0 Å². The molecule has 1 aromatic rings. The third-order valence-corrected chi connectivity index (χ3v) is 4.96. The third-order valence-electron chi connectivity index (χ3n) is 3.62. The molecule has 0 saturated heterocycles. The number of hydrogen-bond acceptors (Lipinski definition) is 3.